The molecule has 0 aliphatic rings. The quantitative estimate of drug-likeness (QED) is 0.556. The third-order valence-electron chi connectivity index (χ3n) is 3.95. The summed E-state index contributed by atoms with van der Waals surface area (Å²) < 4.78 is 3.41. The molecule has 2 aromatic heterocycles. The van der Waals surface area contributed by atoms with Crippen LogP contribution in [0.1, 0.15) is 6.42 Å². The Kier molecular flexibility index (Phi) is 6.49. The molecule has 0 atom stereocenters. The Morgan fingerprint density at radius 3 is 2.50 bits per heavy atom. The molecule has 0 saturated carbocycles. The third-order valence-corrected chi connectivity index (χ3v) is 4.48. The Morgan fingerprint density at radius 1 is 1.00 bits per heavy atom. The minimum absolute atomic E-state index is 0.174. The van der Waals surface area contributed by atoms with Gasteiger partial charge in [0, 0.05) is 41.5 Å². The van der Waals surface area contributed by atoms with Crippen molar-refractivity contribution in [3.63, 3.8) is 0 Å². The van der Waals surface area contributed by atoms with Gasteiger partial charge >= 0.3 is 0 Å². The Labute approximate surface area is 169 Å². The lowest BCUT2D eigenvalue weighted by Gasteiger charge is -2.09. The highest BCUT2D eigenvalue weighted by Crippen LogP contribution is 2.18. The molecule has 1 amide bonds. The fourth-order valence-electron chi connectivity index (χ4n) is 2.54. The summed E-state index contributed by atoms with van der Waals surface area (Å²) >= 11 is 3.37. The summed E-state index contributed by atoms with van der Waals surface area (Å²) in [5, 5.41) is 11.0. The summed E-state index contributed by atoms with van der Waals surface area (Å²) in [7, 11) is 0. The summed E-state index contributed by atoms with van der Waals surface area (Å²) in [5.74, 6) is -0.323. The molecule has 0 unspecified atom stereocenters. The number of rotatable bonds is 7. The van der Waals surface area contributed by atoms with E-state index in [0.29, 0.717) is 25.2 Å². The van der Waals surface area contributed by atoms with E-state index in [1.165, 1.54) is 23.0 Å². The number of amides is 1. The number of hydrogen-bond donors (Lipinski definition) is 1. The molecule has 28 heavy (non-hydrogen) atoms. The molecule has 3 aromatic rings. The van der Waals surface area contributed by atoms with Crippen LogP contribution in [0.15, 0.2) is 68.8 Å². The molecule has 0 aliphatic carbocycles. The van der Waals surface area contributed by atoms with Gasteiger partial charge in [-0.25, -0.2) is 9.36 Å². The van der Waals surface area contributed by atoms with Crippen LogP contribution in [0, 0.1) is 0 Å². The molecule has 2 heterocycles. The number of carbonyl (C=O) groups excluding carboxylic acids is 1. The van der Waals surface area contributed by atoms with Crippen molar-refractivity contribution in [3.05, 3.63) is 79.9 Å². The first-order valence-electron chi connectivity index (χ1n) is 8.66. The standard InChI is InChI=1S/C19H18BrN5O3/c20-15-6-4-14(5-7-15)16-8-9-19(28)25(23-16)13-17(26)21-10-2-12-24-18(27)3-1-11-22-24/h1,3-9,11H,2,10,12-13H2,(H,21,26). The molecule has 0 saturated heterocycles. The van der Waals surface area contributed by atoms with Crippen molar-refractivity contribution >= 4 is 21.8 Å². The molecular formula is C19H18BrN5O3. The zero-order chi connectivity index (χ0) is 19.9. The molecule has 9 heteroatoms. The van der Waals surface area contributed by atoms with Crippen LogP contribution in [-0.4, -0.2) is 32.0 Å². The van der Waals surface area contributed by atoms with E-state index in [2.05, 4.69) is 31.4 Å². The van der Waals surface area contributed by atoms with Gasteiger partial charge < -0.3 is 5.32 Å². The van der Waals surface area contributed by atoms with E-state index >= 15 is 0 Å². The van der Waals surface area contributed by atoms with Gasteiger partial charge in [0.1, 0.15) is 6.54 Å². The molecule has 0 fully saturated rings. The van der Waals surface area contributed by atoms with Gasteiger partial charge in [0.2, 0.25) is 5.91 Å². The Morgan fingerprint density at radius 2 is 1.75 bits per heavy atom. The predicted octanol–water partition coefficient (Wildman–Crippen LogP) is 1.44. The Hall–Kier alpha value is -3.07. The van der Waals surface area contributed by atoms with Crippen LogP contribution in [0.2, 0.25) is 0 Å². The first-order valence-corrected chi connectivity index (χ1v) is 9.45. The summed E-state index contributed by atoms with van der Waals surface area (Å²) in [6.07, 6.45) is 2.08. The van der Waals surface area contributed by atoms with Crippen molar-refractivity contribution in [2.24, 2.45) is 0 Å². The minimum atomic E-state index is -0.351. The number of hydrogen-bond acceptors (Lipinski definition) is 5. The Bertz CT molecular complexity index is 1080. The molecule has 144 valence electrons. The largest absolute Gasteiger partial charge is 0.354 e. The summed E-state index contributed by atoms with van der Waals surface area (Å²) in [5.41, 5.74) is 0.915. The first-order chi connectivity index (χ1) is 13.5. The predicted molar refractivity (Wildman–Crippen MR) is 108 cm³/mol. The first kappa shape index (κ1) is 19.7. The third kappa shape index (κ3) is 5.23. The van der Waals surface area contributed by atoms with Crippen molar-refractivity contribution in [2.45, 2.75) is 19.5 Å². The van der Waals surface area contributed by atoms with Crippen LogP contribution in [0.4, 0.5) is 0 Å². The average Bonchev–Trinajstić information content (AvgIpc) is 2.69. The zero-order valence-corrected chi connectivity index (χ0v) is 16.5. The molecule has 0 radical (unpaired) electrons. The summed E-state index contributed by atoms with van der Waals surface area (Å²) in [6, 6.07) is 13.5. The molecule has 0 aliphatic heterocycles. The lowest BCUT2D eigenvalue weighted by Crippen LogP contribution is -2.34. The zero-order valence-electron chi connectivity index (χ0n) is 14.9. The fourth-order valence-corrected chi connectivity index (χ4v) is 2.80. The highest BCUT2D eigenvalue weighted by molar-refractivity contribution is 9.10. The highest BCUT2D eigenvalue weighted by Gasteiger charge is 2.08. The number of halogens is 1. The van der Waals surface area contributed by atoms with E-state index in [4.69, 9.17) is 0 Å². The van der Waals surface area contributed by atoms with E-state index in [1.807, 2.05) is 24.3 Å². The highest BCUT2D eigenvalue weighted by atomic mass is 79.9. The molecule has 0 spiro atoms. The van der Waals surface area contributed by atoms with Crippen LogP contribution in [-0.2, 0) is 17.9 Å². The monoisotopic (exact) mass is 443 g/mol. The van der Waals surface area contributed by atoms with Crippen LogP contribution in [0.5, 0.6) is 0 Å². The maximum Gasteiger partial charge on any atom is 0.267 e. The van der Waals surface area contributed by atoms with Crippen LogP contribution < -0.4 is 16.4 Å². The van der Waals surface area contributed by atoms with Crippen molar-refractivity contribution < 1.29 is 4.79 Å². The topological polar surface area (TPSA) is 98.9 Å². The molecule has 1 N–H and O–H groups in total. The van der Waals surface area contributed by atoms with E-state index in [9.17, 15) is 14.4 Å². The van der Waals surface area contributed by atoms with Crippen LogP contribution in [0.25, 0.3) is 11.3 Å². The van der Waals surface area contributed by atoms with Gasteiger partial charge in [-0.15, -0.1) is 0 Å². The van der Waals surface area contributed by atoms with Gasteiger partial charge in [-0.1, -0.05) is 28.1 Å². The number of nitrogens with one attached hydrogen (secondary N) is 1. The maximum absolute atomic E-state index is 12.1. The van der Waals surface area contributed by atoms with Crippen LogP contribution in [0.3, 0.4) is 0 Å². The van der Waals surface area contributed by atoms with Gasteiger partial charge in [0.15, 0.2) is 0 Å². The van der Waals surface area contributed by atoms with Gasteiger partial charge in [0.25, 0.3) is 11.1 Å². The van der Waals surface area contributed by atoms with Gasteiger partial charge in [-0.05, 0) is 30.7 Å². The number of aromatic nitrogens is 4. The van der Waals surface area contributed by atoms with E-state index < -0.39 is 0 Å². The van der Waals surface area contributed by atoms with E-state index in [-0.39, 0.29) is 23.6 Å². The van der Waals surface area contributed by atoms with Gasteiger partial charge in [0.05, 0.1) is 5.69 Å². The summed E-state index contributed by atoms with van der Waals surface area (Å²) in [4.78, 5) is 35.7. The normalized spacial score (nSPS) is 10.6. The van der Waals surface area contributed by atoms with Crippen molar-refractivity contribution in [2.75, 3.05) is 6.54 Å². The second kappa shape index (κ2) is 9.23. The molecular weight excluding hydrogens is 426 g/mol. The second-order valence-corrected chi connectivity index (χ2v) is 6.93. The summed E-state index contributed by atoms with van der Waals surface area (Å²) in [6.45, 7) is 0.590. The number of carbonyl (C=O) groups is 1. The molecule has 1 aromatic carbocycles. The Balaban J connectivity index is 1.57. The smallest absolute Gasteiger partial charge is 0.267 e. The maximum atomic E-state index is 12.1. The second-order valence-electron chi connectivity index (χ2n) is 6.01. The van der Waals surface area contributed by atoms with E-state index in [1.54, 1.807) is 12.1 Å². The van der Waals surface area contributed by atoms with Crippen LogP contribution >= 0.6 is 15.9 Å². The van der Waals surface area contributed by atoms with Crippen molar-refractivity contribution in [1.82, 2.24) is 24.9 Å². The molecule has 3 rings (SSSR count). The number of nitrogens with zero attached hydrogens (tertiary/aromatic N) is 4. The SMILES string of the molecule is O=C(Cn1nc(-c2ccc(Br)cc2)ccc1=O)NCCCn1ncccc1=O. The average molecular weight is 444 g/mol. The minimum Gasteiger partial charge on any atom is -0.354 e. The molecule has 8 nitrogen and oxygen atoms in total. The van der Waals surface area contributed by atoms with Gasteiger partial charge in [-0.3, -0.25) is 14.4 Å². The lowest BCUT2D eigenvalue weighted by molar-refractivity contribution is -0.121. The van der Waals surface area contributed by atoms with E-state index in [0.717, 1.165) is 14.7 Å². The molecule has 0 bridgehead atoms. The van der Waals surface area contributed by atoms with Crippen molar-refractivity contribution in [1.29, 1.82) is 0 Å². The van der Waals surface area contributed by atoms with Gasteiger partial charge in [-0.2, -0.15) is 10.2 Å². The number of benzene rings is 1. The lowest BCUT2D eigenvalue weighted by atomic mass is 10.1. The van der Waals surface area contributed by atoms with Crippen molar-refractivity contribution in [3.8, 4) is 11.3 Å². The fraction of sp³-hybridized carbons (Fsp3) is 0.211. The number of aryl methyl sites for hydroxylation is 1.